The lowest BCUT2D eigenvalue weighted by molar-refractivity contribution is 0.207. The second-order valence-electron chi connectivity index (χ2n) is 4.71. The van der Waals surface area contributed by atoms with E-state index < -0.39 is 0 Å². The van der Waals surface area contributed by atoms with Crippen LogP contribution in [-0.2, 0) is 4.74 Å². The van der Waals surface area contributed by atoms with Crippen LogP contribution in [0, 0.1) is 11.8 Å². The van der Waals surface area contributed by atoms with Gasteiger partial charge in [-0.15, -0.1) is 0 Å². The van der Waals surface area contributed by atoms with E-state index in [1.165, 1.54) is 25.7 Å². The summed E-state index contributed by atoms with van der Waals surface area (Å²) in [6.45, 7) is 1.27. The van der Waals surface area contributed by atoms with Crippen molar-refractivity contribution in [1.82, 2.24) is 10.7 Å². The van der Waals surface area contributed by atoms with Gasteiger partial charge in [0.15, 0.2) is 0 Å². The van der Waals surface area contributed by atoms with Crippen LogP contribution in [0.1, 0.15) is 25.7 Å². The maximum Gasteiger partial charge on any atom is 0.206 e. The van der Waals surface area contributed by atoms with Crippen LogP contribution in [0.4, 0.5) is 0 Å². The number of nitrogens with zero attached hydrogens (tertiary/aromatic N) is 1. The highest BCUT2D eigenvalue weighted by molar-refractivity contribution is 5.79. The van der Waals surface area contributed by atoms with E-state index in [0.29, 0.717) is 25.2 Å². The van der Waals surface area contributed by atoms with Crippen molar-refractivity contribution in [3.8, 4) is 0 Å². The summed E-state index contributed by atoms with van der Waals surface area (Å²) in [5.74, 6) is 7.85. The molecule has 2 rings (SSSR count). The molecule has 0 unspecified atom stereocenters. The van der Waals surface area contributed by atoms with E-state index in [-0.39, 0.29) is 0 Å². The second-order valence-corrected chi connectivity index (χ2v) is 4.71. The minimum atomic E-state index is 0.581. The zero-order valence-electron chi connectivity index (χ0n) is 9.91. The summed E-state index contributed by atoms with van der Waals surface area (Å²) < 4.78 is 4.96. The van der Waals surface area contributed by atoms with Crippen molar-refractivity contribution in [1.29, 1.82) is 0 Å². The van der Waals surface area contributed by atoms with Crippen molar-refractivity contribution < 1.29 is 4.74 Å². The number of hydrazine groups is 1. The van der Waals surface area contributed by atoms with Crippen molar-refractivity contribution in [2.45, 2.75) is 31.7 Å². The third kappa shape index (κ3) is 3.35. The molecule has 0 heterocycles. The highest BCUT2D eigenvalue weighted by atomic mass is 16.5. The number of ether oxygens (including phenoxy) is 1. The van der Waals surface area contributed by atoms with Gasteiger partial charge in [-0.3, -0.25) is 5.43 Å². The number of nitrogens with two attached hydrogens (primary N) is 1. The van der Waals surface area contributed by atoms with Gasteiger partial charge < -0.3 is 10.1 Å². The van der Waals surface area contributed by atoms with Crippen LogP contribution in [-0.4, -0.2) is 32.3 Å². The first kappa shape index (κ1) is 11.7. The fraction of sp³-hybridized carbons (Fsp3) is 0.909. The molecule has 2 fully saturated rings. The molecule has 5 nitrogen and oxygen atoms in total. The topological polar surface area (TPSA) is 71.7 Å². The monoisotopic (exact) mass is 226 g/mol. The van der Waals surface area contributed by atoms with Crippen molar-refractivity contribution in [3.05, 3.63) is 0 Å². The van der Waals surface area contributed by atoms with Gasteiger partial charge in [-0.1, -0.05) is 0 Å². The van der Waals surface area contributed by atoms with E-state index >= 15 is 0 Å². The predicted molar refractivity (Wildman–Crippen MR) is 63.9 cm³/mol. The van der Waals surface area contributed by atoms with Gasteiger partial charge in [0.2, 0.25) is 5.96 Å². The Labute approximate surface area is 96.8 Å². The van der Waals surface area contributed by atoms with Gasteiger partial charge in [-0.2, -0.15) is 0 Å². The third-order valence-corrected chi connectivity index (χ3v) is 3.27. The van der Waals surface area contributed by atoms with E-state index in [1.54, 1.807) is 7.11 Å². The Morgan fingerprint density at radius 2 is 2.00 bits per heavy atom. The maximum absolute atomic E-state index is 5.46. The molecule has 0 atom stereocenters. The first-order valence-electron chi connectivity index (χ1n) is 6.11. The molecule has 16 heavy (non-hydrogen) atoms. The normalized spacial score (nSPS) is 21.3. The van der Waals surface area contributed by atoms with Gasteiger partial charge in [0.25, 0.3) is 0 Å². The zero-order valence-corrected chi connectivity index (χ0v) is 9.91. The molecule has 0 aromatic carbocycles. The number of rotatable bonds is 6. The van der Waals surface area contributed by atoms with Crippen LogP contribution in [0.5, 0.6) is 0 Å². The molecule has 0 saturated heterocycles. The molecule has 4 N–H and O–H groups in total. The first-order valence-corrected chi connectivity index (χ1v) is 6.11. The van der Waals surface area contributed by atoms with E-state index in [1.807, 2.05) is 0 Å². The van der Waals surface area contributed by atoms with Gasteiger partial charge >= 0.3 is 0 Å². The van der Waals surface area contributed by atoms with Crippen LogP contribution < -0.4 is 16.6 Å². The number of nitrogens with one attached hydrogen (secondary N) is 2. The van der Waals surface area contributed by atoms with Crippen molar-refractivity contribution >= 4 is 5.96 Å². The van der Waals surface area contributed by atoms with Crippen LogP contribution in [0.15, 0.2) is 4.99 Å². The Balaban J connectivity index is 1.81. The molecule has 0 aromatic heterocycles. The molecule has 0 aliphatic heterocycles. The summed E-state index contributed by atoms with van der Waals surface area (Å²) >= 11 is 0. The van der Waals surface area contributed by atoms with Crippen LogP contribution >= 0.6 is 0 Å². The van der Waals surface area contributed by atoms with Crippen LogP contribution in [0.3, 0.4) is 0 Å². The molecule has 2 aliphatic carbocycles. The largest absolute Gasteiger partial charge is 0.383 e. The molecular formula is C11H22N4O. The lowest BCUT2D eigenvalue weighted by Gasteiger charge is -2.19. The first-order chi connectivity index (χ1) is 7.85. The minimum absolute atomic E-state index is 0.581. The van der Waals surface area contributed by atoms with Crippen molar-refractivity contribution in [2.24, 2.45) is 22.7 Å². The molecular weight excluding hydrogens is 204 g/mol. The third-order valence-electron chi connectivity index (χ3n) is 3.27. The lowest BCUT2D eigenvalue weighted by atomic mass is 10.1. The summed E-state index contributed by atoms with van der Waals surface area (Å²) in [5.41, 5.74) is 2.64. The Hall–Kier alpha value is -0.810. The molecule has 2 aliphatic rings. The van der Waals surface area contributed by atoms with Crippen LogP contribution in [0.2, 0.25) is 0 Å². The average molecular weight is 226 g/mol. The quantitative estimate of drug-likeness (QED) is 0.199. The Morgan fingerprint density at radius 1 is 1.38 bits per heavy atom. The molecule has 0 bridgehead atoms. The van der Waals surface area contributed by atoms with Gasteiger partial charge in [0.05, 0.1) is 13.2 Å². The summed E-state index contributed by atoms with van der Waals surface area (Å²) in [5, 5.41) is 3.44. The Morgan fingerprint density at radius 3 is 2.44 bits per heavy atom. The summed E-state index contributed by atoms with van der Waals surface area (Å²) in [4.78, 5) is 4.34. The molecule has 5 heteroatoms. The predicted octanol–water partition coefficient (Wildman–Crippen LogP) is 0.230. The highest BCUT2D eigenvalue weighted by Gasteiger charge is 2.41. The van der Waals surface area contributed by atoms with E-state index in [4.69, 9.17) is 10.6 Å². The SMILES string of the molecule is COCCN=C(NN)NC(C1CC1)C1CC1. The van der Waals surface area contributed by atoms with Gasteiger partial charge in [-0.05, 0) is 37.5 Å². The molecule has 0 aromatic rings. The molecule has 0 amide bonds. The number of guanidine groups is 1. The fourth-order valence-corrected chi connectivity index (χ4v) is 2.07. The molecule has 0 radical (unpaired) electrons. The van der Waals surface area contributed by atoms with E-state index in [9.17, 15) is 0 Å². The molecule has 2 saturated carbocycles. The number of aliphatic imine (C=N–C) groups is 1. The number of methoxy groups -OCH3 is 1. The average Bonchev–Trinajstić information content (AvgIpc) is 3.17. The zero-order chi connectivity index (χ0) is 11.4. The summed E-state index contributed by atoms with van der Waals surface area (Å²) in [6.07, 6.45) is 5.41. The maximum atomic E-state index is 5.46. The molecule has 0 spiro atoms. The van der Waals surface area contributed by atoms with Gasteiger partial charge in [0.1, 0.15) is 0 Å². The van der Waals surface area contributed by atoms with Crippen molar-refractivity contribution in [2.75, 3.05) is 20.3 Å². The molecule has 92 valence electrons. The smallest absolute Gasteiger partial charge is 0.206 e. The highest BCUT2D eigenvalue weighted by Crippen LogP contribution is 2.44. The summed E-state index contributed by atoms with van der Waals surface area (Å²) in [7, 11) is 1.68. The lowest BCUT2D eigenvalue weighted by Crippen LogP contribution is -2.48. The second kappa shape index (κ2) is 5.50. The van der Waals surface area contributed by atoms with E-state index in [2.05, 4.69) is 15.7 Å². The van der Waals surface area contributed by atoms with Gasteiger partial charge in [-0.25, -0.2) is 10.8 Å². The minimum Gasteiger partial charge on any atom is -0.383 e. The van der Waals surface area contributed by atoms with E-state index in [0.717, 1.165) is 11.8 Å². The van der Waals surface area contributed by atoms with Crippen LogP contribution in [0.25, 0.3) is 0 Å². The Kier molecular flexibility index (Phi) is 4.01. The van der Waals surface area contributed by atoms with Crippen molar-refractivity contribution in [3.63, 3.8) is 0 Å². The fourth-order valence-electron chi connectivity index (χ4n) is 2.07. The van der Waals surface area contributed by atoms with Gasteiger partial charge in [0, 0.05) is 13.2 Å². The number of hydrogen-bond acceptors (Lipinski definition) is 3. The summed E-state index contributed by atoms with van der Waals surface area (Å²) in [6, 6.07) is 0.581. The number of hydrogen-bond donors (Lipinski definition) is 3. The Bertz CT molecular complexity index is 236. The standard InChI is InChI=1S/C11H22N4O/c1-16-7-6-13-11(15-12)14-10(8-2-3-8)9-4-5-9/h8-10H,2-7,12H2,1H3,(H2,13,14,15).